The molecule has 1 atom stereocenters. The van der Waals surface area contributed by atoms with Crippen molar-refractivity contribution in [2.75, 3.05) is 0 Å². The lowest BCUT2D eigenvalue weighted by molar-refractivity contribution is 0.463. The Morgan fingerprint density at radius 2 is 2.00 bits per heavy atom. The fourth-order valence-electron chi connectivity index (χ4n) is 3.04. The van der Waals surface area contributed by atoms with Gasteiger partial charge in [-0.15, -0.1) is 0 Å². The average molecular weight is 312 g/mol. The van der Waals surface area contributed by atoms with Crippen molar-refractivity contribution in [3.05, 3.63) is 71.2 Å². The minimum atomic E-state index is -0.392. The molecule has 2 heterocycles. The van der Waals surface area contributed by atoms with E-state index in [1.807, 2.05) is 6.07 Å². The van der Waals surface area contributed by atoms with E-state index >= 15 is 0 Å². The lowest BCUT2D eigenvalue weighted by atomic mass is 9.85. The van der Waals surface area contributed by atoms with E-state index in [1.54, 1.807) is 18.2 Å². The molecule has 0 radical (unpaired) electrons. The minimum absolute atomic E-state index is 0.218. The molecule has 0 N–H and O–H groups in total. The number of fused-ring (bicyclic) bond motifs is 1. The summed E-state index contributed by atoms with van der Waals surface area (Å²) in [6, 6.07) is 9.60. The molecular weight excluding hydrogens is 298 g/mol. The van der Waals surface area contributed by atoms with Crippen LogP contribution in [0.1, 0.15) is 29.4 Å². The zero-order valence-electron chi connectivity index (χ0n) is 12.3. The van der Waals surface area contributed by atoms with E-state index in [2.05, 4.69) is 9.97 Å². The Morgan fingerprint density at radius 3 is 2.78 bits per heavy atom. The zero-order chi connectivity index (χ0) is 15.8. The van der Waals surface area contributed by atoms with E-state index in [-0.39, 0.29) is 11.7 Å². The summed E-state index contributed by atoms with van der Waals surface area (Å²) >= 11 is 0. The van der Waals surface area contributed by atoms with E-state index in [0.717, 1.165) is 36.1 Å². The molecule has 0 fully saturated rings. The Balaban J connectivity index is 1.62. The number of halogens is 2. The van der Waals surface area contributed by atoms with Crippen LogP contribution in [0.15, 0.2) is 47.0 Å². The molecule has 0 saturated heterocycles. The largest absolute Gasteiger partial charge is 0.440 e. The quantitative estimate of drug-likeness (QED) is 0.708. The first kappa shape index (κ1) is 14.1. The maximum absolute atomic E-state index is 13.4. The summed E-state index contributed by atoms with van der Waals surface area (Å²) in [6.07, 6.45) is 3.50. The lowest BCUT2D eigenvalue weighted by Crippen LogP contribution is -2.12. The van der Waals surface area contributed by atoms with Crippen molar-refractivity contribution >= 4 is 0 Å². The molecule has 0 spiro atoms. The molecule has 5 heteroatoms. The zero-order valence-corrected chi connectivity index (χ0v) is 12.3. The second-order valence-corrected chi connectivity index (χ2v) is 5.75. The molecule has 1 unspecified atom stereocenters. The summed E-state index contributed by atoms with van der Waals surface area (Å²) < 4.78 is 32.1. The molecular formula is C18H14F2N2O. The van der Waals surface area contributed by atoms with E-state index in [0.29, 0.717) is 18.0 Å². The molecule has 0 saturated carbocycles. The second kappa shape index (κ2) is 5.57. The summed E-state index contributed by atoms with van der Waals surface area (Å²) in [5.74, 6) is 0.881. The predicted octanol–water partition coefficient (Wildman–Crippen LogP) is 4.29. The molecule has 1 aliphatic carbocycles. The number of nitrogens with zero attached hydrogens (tertiary/aromatic N) is 2. The van der Waals surface area contributed by atoms with Gasteiger partial charge in [-0.1, -0.05) is 12.1 Å². The number of aryl methyl sites for hydroxylation is 1. The highest BCUT2D eigenvalue weighted by Gasteiger charge is 2.26. The molecule has 116 valence electrons. The van der Waals surface area contributed by atoms with Crippen LogP contribution in [-0.4, -0.2) is 9.97 Å². The molecule has 1 aromatic carbocycles. The first-order valence-corrected chi connectivity index (χ1v) is 7.55. The molecule has 0 bridgehead atoms. The van der Waals surface area contributed by atoms with Crippen LogP contribution in [0.3, 0.4) is 0 Å². The molecule has 3 nitrogen and oxygen atoms in total. The van der Waals surface area contributed by atoms with Gasteiger partial charge in [0.25, 0.3) is 0 Å². The highest BCUT2D eigenvalue weighted by Crippen LogP contribution is 2.34. The SMILES string of the molecule is Fc1ccc(-c2nc3c(o2)CCC(c2cccc(F)c2)C3)nc1. The normalized spacial score (nSPS) is 17.0. The van der Waals surface area contributed by atoms with Crippen LogP contribution in [0.5, 0.6) is 0 Å². The summed E-state index contributed by atoms with van der Waals surface area (Å²) in [7, 11) is 0. The number of oxazole rings is 1. The first-order chi connectivity index (χ1) is 11.2. The number of pyridine rings is 1. The standard InChI is InChI=1S/C18H14F2N2O/c19-13-3-1-2-11(8-13)12-4-7-17-16(9-12)22-18(23-17)15-6-5-14(20)10-21-15/h1-3,5-6,8,10,12H,4,7,9H2. The molecule has 1 aliphatic rings. The maximum Gasteiger partial charge on any atom is 0.245 e. The van der Waals surface area contributed by atoms with Crippen LogP contribution >= 0.6 is 0 Å². The first-order valence-electron chi connectivity index (χ1n) is 7.55. The Kier molecular flexibility index (Phi) is 3.41. The van der Waals surface area contributed by atoms with Crippen molar-refractivity contribution in [1.29, 1.82) is 0 Å². The fraction of sp³-hybridized carbons (Fsp3) is 0.222. The van der Waals surface area contributed by atoms with Gasteiger partial charge in [-0.3, -0.25) is 0 Å². The van der Waals surface area contributed by atoms with Gasteiger partial charge in [-0.25, -0.2) is 18.7 Å². The molecule has 23 heavy (non-hydrogen) atoms. The van der Waals surface area contributed by atoms with Crippen molar-refractivity contribution < 1.29 is 13.2 Å². The predicted molar refractivity (Wildman–Crippen MR) is 80.9 cm³/mol. The van der Waals surface area contributed by atoms with Gasteiger partial charge in [-0.05, 0) is 42.2 Å². The van der Waals surface area contributed by atoms with Crippen molar-refractivity contribution in [2.24, 2.45) is 0 Å². The van der Waals surface area contributed by atoms with Crippen LogP contribution in [0, 0.1) is 11.6 Å². The van der Waals surface area contributed by atoms with Gasteiger partial charge >= 0.3 is 0 Å². The maximum atomic E-state index is 13.4. The highest BCUT2D eigenvalue weighted by molar-refractivity contribution is 5.47. The Hall–Kier alpha value is -2.56. The molecule has 2 aromatic heterocycles. The number of aromatic nitrogens is 2. The number of hydrogen-bond donors (Lipinski definition) is 0. The molecule has 4 rings (SSSR count). The number of rotatable bonds is 2. The Morgan fingerprint density at radius 1 is 1.09 bits per heavy atom. The topological polar surface area (TPSA) is 38.9 Å². The van der Waals surface area contributed by atoms with Crippen molar-refractivity contribution in [3.8, 4) is 11.6 Å². The third-order valence-corrected chi connectivity index (χ3v) is 4.20. The van der Waals surface area contributed by atoms with Gasteiger partial charge in [0.1, 0.15) is 23.1 Å². The highest BCUT2D eigenvalue weighted by atomic mass is 19.1. The van der Waals surface area contributed by atoms with Gasteiger partial charge in [0, 0.05) is 12.8 Å². The molecule has 3 aromatic rings. The molecule has 0 aliphatic heterocycles. The van der Waals surface area contributed by atoms with E-state index in [1.165, 1.54) is 12.1 Å². The van der Waals surface area contributed by atoms with E-state index in [9.17, 15) is 8.78 Å². The smallest absolute Gasteiger partial charge is 0.245 e. The van der Waals surface area contributed by atoms with Crippen molar-refractivity contribution in [2.45, 2.75) is 25.2 Å². The van der Waals surface area contributed by atoms with Crippen LogP contribution < -0.4 is 0 Å². The number of hydrogen-bond acceptors (Lipinski definition) is 3. The summed E-state index contributed by atoms with van der Waals surface area (Å²) in [5.41, 5.74) is 2.38. The lowest BCUT2D eigenvalue weighted by Gasteiger charge is -2.20. The van der Waals surface area contributed by atoms with Gasteiger partial charge in [-0.2, -0.15) is 0 Å². The van der Waals surface area contributed by atoms with Crippen LogP contribution in [0.2, 0.25) is 0 Å². The summed E-state index contributed by atoms with van der Waals surface area (Å²) in [4.78, 5) is 8.50. The Labute approximate surface area is 132 Å². The number of benzene rings is 1. The third kappa shape index (κ3) is 2.74. The van der Waals surface area contributed by atoms with Crippen LogP contribution in [-0.2, 0) is 12.8 Å². The minimum Gasteiger partial charge on any atom is -0.440 e. The summed E-state index contributed by atoms with van der Waals surface area (Å²) in [6.45, 7) is 0. The fourth-order valence-corrected chi connectivity index (χ4v) is 3.04. The third-order valence-electron chi connectivity index (χ3n) is 4.20. The van der Waals surface area contributed by atoms with Crippen LogP contribution in [0.4, 0.5) is 8.78 Å². The van der Waals surface area contributed by atoms with Crippen molar-refractivity contribution in [1.82, 2.24) is 9.97 Å². The molecule has 0 amide bonds. The average Bonchev–Trinajstić information content (AvgIpc) is 2.98. The van der Waals surface area contributed by atoms with Gasteiger partial charge < -0.3 is 4.42 Å². The van der Waals surface area contributed by atoms with Crippen LogP contribution in [0.25, 0.3) is 11.6 Å². The second-order valence-electron chi connectivity index (χ2n) is 5.75. The summed E-state index contributed by atoms with van der Waals surface area (Å²) in [5, 5.41) is 0. The van der Waals surface area contributed by atoms with Crippen molar-refractivity contribution in [3.63, 3.8) is 0 Å². The van der Waals surface area contributed by atoms with Gasteiger partial charge in [0.2, 0.25) is 5.89 Å². The monoisotopic (exact) mass is 312 g/mol. The Bertz CT molecular complexity index is 842. The van der Waals surface area contributed by atoms with Gasteiger partial charge in [0.05, 0.1) is 11.9 Å². The van der Waals surface area contributed by atoms with E-state index in [4.69, 9.17) is 4.42 Å². The van der Waals surface area contributed by atoms with Gasteiger partial charge in [0.15, 0.2) is 0 Å². The van der Waals surface area contributed by atoms with E-state index < -0.39 is 5.82 Å².